The van der Waals surface area contributed by atoms with Gasteiger partial charge < -0.3 is 14.5 Å². The van der Waals surface area contributed by atoms with Crippen LogP contribution in [0.5, 0.6) is 0 Å². The molecule has 7 nitrogen and oxygen atoms in total. The molecule has 1 amide bonds. The summed E-state index contributed by atoms with van der Waals surface area (Å²) in [5.74, 6) is -0.253. The zero-order valence-corrected chi connectivity index (χ0v) is 11.1. The summed E-state index contributed by atoms with van der Waals surface area (Å²) in [6.45, 7) is 0.459. The van der Waals surface area contributed by atoms with Crippen LogP contribution >= 0.6 is 0 Å². The Morgan fingerprint density at radius 3 is 2.80 bits per heavy atom. The standard InChI is InChI=1S/C13H17N3O4/c17-11-5-9(13(18)19)6-16(11)7-10-14-12(20-15-10)8-3-1-2-4-8/h8-9H,1-7H2,(H,18,19). The highest BCUT2D eigenvalue weighted by atomic mass is 16.5. The maximum absolute atomic E-state index is 11.7. The highest BCUT2D eigenvalue weighted by Gasteiger charge is 2.35. The molecule has 0 aromatic carbocycles. The predicted molar refractivity (Wildman–Crippen MR) is 66.7 cm³/mol. The van der Waals surface area contributed by atoms with E-state index in [9.17, 15) is 9.59 Å². The molecule has 1 aromatic heterocycles. The zero-order chi connectivity index (χ0) is 14.1. The smallest absolute Gasteiger partial charge is 0.308 e. The van der Waals surface area contributed by atoms with Crippen molar-refractivity contribution in [2.75, 3.05) is 6.54 Å². The maximum atomic E-state index is 11.7. The number of carbonyl (C=O) groups excluding carboxylic acids is 1. The number of aliphatic carboxylic acids is 1. The molecular weight excluding hydrogens is 262 g/mol. The van der Waals surface area contributed by atoms with Crippen LogP contribution in [0.15, 0.2) is 4.52 Å². The number of hydrogen-bond donors (Lipinski definition) is 1. The Morgan fingerprint density at radius 2 is 2.15 bits per heavy atom. The Bertz CT molecular complexity index is 521. The first-order valence-corrected chi connectivity index (χ1v) is 6.96. The van der Waals surface area contributed by atoms with Gasteiger partial charge in [-0.05, 0) is 12.8 Å². The molecule has 3 rings (SSSR count). The van der Waals surface area contributed by atoms with Crippen molar-refractivity contribution < 1.29 is 19.2 Å². The minimum atomic E-state index is -0.930. The molecule has 1 aliphatic heterocycles. The summed E-state index contributed by atoms with van der Waals surface area (Å²) < 4.78 is 5.25. The third kappa shape index (κ3) is 2.52. The molecule has 108 valence electrons. The normalized spacial score (nSPS) is 23.7. The SMILES string of the molecule is O=C(O)C1CC(=O)N(Cc2noc(C3CCCC3)n2)C1. The Balaban J connectivity index is 1.63. The van der Waals surface area contributed by atoms with Crippen molar-refractivity contribution in [3.63, 3.8) is 0 Å². The first kappa shape index (κ1) is 13.1. The summed E-state index contributed by atoms with van der Waals surface area (Å²) in [7, 11) is 0. The second-order valence-electron chi connectivity index (χ2n) is 5.54. The van der Waals surface area contributed by atoms with Crippen LogP contribution in [0.1, 0.15) is 49.7 Å². The van der Waals surface area contributed by atoms with E-state index in [1.54, 1.807) is 0 Å². The number of rotatable bonds is 4. The van der Waals surface area contributed by atoms with Crippen LogP contribution < -0.4 is 0 Å². The van der Waals surface area contributed by atoms with Crippen LogP contribution in [0.25, 0.3) is 0 Å². The fourth-order valence-electron chi connectivity index (χ4n) is 2.93. The van der Waals surface area contributed by atoms with Gasteiger partial charge in [0.15, 0.2) is 5.82 Å². The number of hydrogen-bond acceptors (Lipinski definition) is 5. The first-order chi connectivity index (χ1) is 9.63. The number of carboxylic acids is 1. The number of amides is 1. The van der Waals surface area contributed by atoms with Gasteiger partial charge in [0, 0.05) is 18.9 Å². The fraction of sp³-hybridized carbons (Fsp3) is 0.692. The molecule has 0 bridgehead atoms. The summed E-state index contributed by atoms with van der Waals surface area (Å²) in [6.07, 6.45) is 4.58. The van der Waals surface area contributed by atoms with Crippen LogP contribution in [0.4, 0.5) is 0 Å². The highest BCUT2D eigenvalue weighted by molar-refractivity contribution is 5.85. The van der Waals surface area contributed by atoms with E-state index in [4.69, 9.17) is 9.63 Å². The average Bonchev–Trinajstić information content (AvgIpc) is 3.11. The summed E-state index contributed by atoms with van der Waals surface area (Å²) in [6, 6.07) is 0. The van der Waals surface area contributed by atoms with Crippen molar-refractivity contribution in [1.82, 2.24) is 15.0 Å². The third-order valence-corrected chi connectivity index (χ3v) is 4.08. The van der Waals surface area contributed by atoms with Crippen molar-refractivity contribution in [3.05, 3.63) is 11.7 Å². The van der Waals surface area contributed by atoms with Crippen LogP contribution in [-0.4, -0.2) is 38.6 Å². The number of carbonyl (C=O) groups is 2. The van der Waals surface area contributed by atoms with E-state index < -0.39 is 11.9 Å². The average molecular weight is 279 g/mol. The third-order valence-electron chi connectivity index (χ3n) is 4.08. The largest absolute Gasteiger partial charge is 0.481 e. The van der Waals surface area contributed by atoms with Gasteiger partial charge in [0.05, 0.1) is 12.5 Å². The quantitative estimate of drug-likeness (QED) is 0.888. The van der Waals surface area contributed by atoms with Gasteiger partial charge in [-0.25, -0.2) is 0 Å². The maximum Gasteiger partial charge on any atom is 0.308 e. The molecule has 1 atom stereocenters. The van der Waals surface area contributed by atoms with Crippen molar-refractivity contribution >= 4 is 11.9 Å². The number of carboxylic acid groups (broad SMARTS) is 1. The van der Waals surface area contributed by atoms with Crippen molar-refractivity contribution in [3.8, 4) is 0 Å². The van der Waals surface area contributed by atoms with Gasteiger partial charge in [0.2, 0.25) is 11.8 Å². The van der Waals surface area contributed by atoms with E-state index in [1.165, 1.54) is 17.7 Å². The molecule has 1 saturated carbocycles. The summed E-state index contributed by atoms with van der Waals surface area (Å²) in [5.41, 5.74) is 0. The van der Waals surface area contributed by atoms with Crippen LogP contribution in [0.2, 0.25) is 0 Å². The number of nitrogens with zero attached hydrogens (tertiary/aromatic N) is 3. The lowest BCUT2D eigenvalue weighted by molar-refractivity contribution is -0.141. The Hall–Kier alpha value is -1.92. The van der Waals surface area contributed by atoms with Crippen LogP contribution in [-0.2, 0) is 16.1 Å². The van der Waals surface area contributed by atoms with Crippen molar-refractivity contribution in [1.29, 1.82) is 0 Å². The van der Waals surface area contributed by atoms with E-state index in [1.807, 2.05) is 0 Å². The molecule has 1 aromatic rings. The van der Waals surface area contributed by atoms with Gasteiger partial charge >= 0.3 is 5.97 Å². The molecule has 2 aliphatic rings. The molecule has 1 unspecified atom stereocenters. The summed E-state index contributed by atoms with van der Waals surface area (Å²) in [5, 5.41) is 12.8. The van der Waals surface area contributed by atoms with Gasteiger partial charge in [-0.2, -0.15) is 4.98 Å². The minimum Gasteiger partial charge on any atom is -0.481 e. The zero-order valence-electron chi connectivity index (χ0n) is 11.1. The second kappa shape index (κ2) is 5.22. The number of likely N-dealkylation sites (tertiary alicyclic amines) is 1. The van der Waals surface area contributed by atoms with Gasteiger partial charge in [-0.3, -0.25) is 9.59 Å². The molecule has 0 spiro atoms. The van der Waals surface area contributed by atoms with E-state index in [-0.39, 0.29) is 25.4 Å². The fourth-order valence-corrected chi connectivity index (χ4v) is 2.93. The van der Waals surface area contributed by atoms with Crippen LogP contribution in [0, 0.1) is 5.92 Å². The predicted octanol–water partition coefficient (Wildman–Crippen LogP) is 1.16. The van der Waals surface area contributed by atoms with E-state index in [2.05, 4.69) is 10.1 Å². The lowest BCUT2D eigenvalue weighted by Crippen LogP contribution is -2.26. The molecule has 1 N–H and O–H groups in total. The Morgan fingerprint density at radius 1 is 1.40 bits per heavy atom. The molecule has 2 heterocycles. The van der Waals surface area contributed by atoms with Crippen LogP contribution in [0.3, 0.4) is 0 Å². The van der Waals surface area contributed by atoms with Crippen molar-refractivity contribution in [2.45, 2.75) is 44.6 Å². The highest BCUT2D eigenvalue weighted by Crippen LogP contribution is 2.33. The van der Waals surface area contributed by atoms with E-state index in [0.29, 0.717) is 17.6 Å². The molecule has 7 heteroatoms. The van der Waals surface area contributed by atoms with Gasteiger partial charge in [0.1, 0.15) is 0 Å². The molecule has 1 aliphatic carbocycles. The lowest BCUT2D eigenvalue weighted by atomic mass is 10.1. The molecule has 2 fully saturated rings. The lowest BCUT2D eigenvalue weighted by Gasteiger charge is -2.12. The molecule has 0 radical (unpaired) electrons. The van der Waals surface area contributed by atoms with Gasteiger partial charge in [-0.1, -0.05) is 18.0 Å². The monoisotopic (exact) mass is 279 g/mol. The molecule has 1 saturated heterocycles. The summed E-state index contributed by atoms with van der Waals surface area (Å²) >= 11 is 0. The minimum absolute atomic E-state index is 0.0582. The van der Waals surface area contributed by atoms with Gasteiger partial charge in [-0.15, -0.1) is 0 Å². The molecule has 20 heavy (non-hydrogen) atoms. The van der Waals surface area contributed by atoms with E-state index in [0.717, 1.165) is 12.8 Å². The topological polar surface area (TPSA) is 96.5 Å². The van der Waals surface area contributed by atoms with Gasteiger partial charge in [0.25, 0.3) is 0 Å². The Labute approximate surface area is 115 Å². The van der Waals surface area contributed by atoms with E-state index >= 15 is 0 Å². The van der Waals surface area contributed by atoms with Crippen molar-refractivity contribution in [2.24, 2.45) is 5.92 Å². The number of aromatic nitrogens is 2. The molecular formula is C13H17N3O4. The first-order valence-electron chi connectivity index (χ1n) is 6.96. The Kier molecular flexibility index (Phi) is 3.42. The summed E-state index contributed by atoms with van der Waals surface area (Å²) in [4.78, 5) is 28.5. The second-order valence-corrected chi connectivity index (χ2v) is 5.54.